The van der Waals surface area contributed by atoms with E-state index >= 15 is 0 Å². The molecule has 0 radical (unpaired) electrons. The molecule has 1 aliphatic rings. The molecule has 1 aromatic rings. The number of halogens is 2. The molecule has 1 unspecified atom stereocenters. The van der Waals surface area contributed by atoms with Crippen LogP contribution in [0.3, 0.4) is 0 Å². The second-order valence-corrected chi connectivity index (χ2v) is 6.40. The Bertz CT molecular complexity index is 489. The van der Waals surface area contributed by atoms with Crippen LogP contribution in [0.5, 0.6) is 0 Å². The number of carbonyl (C=O) groups excluding carboxylic acids is 1. The van der Waals surface area contributed by atoms with Gasteiger partial charge in [0.15, 0.2) is 0 Å². The van der Waals surface area contributed by atoms with Gasteiger partial charge in [-0.2, -0.15) is 0 Å². The number of amides is 1. The zero-order valence-electron chi connectivity index (χ0n) is 15.4. The van der Waals surface area contributed by atoms with E-state index in [1.54, 1.807) is 0 Å². The lowest BCUT2D eigenvalue weighted by Gasteiger charge is -2.20. The van der Waals surface area contributed by atoms with Crippen LogP contribution in [0.1, 0.15) is 44.2 Å². The first-order valence-electron chi connectivity index (χ1n) is 8.99. The summed E-state index contributed by atoms with van der Waals surface area (Å²) in [4.78, 5) is 14.5. The first kappa shape index (κ1) is 24.2. The van der Waals surface area contributed by atoms with Crippen LogP contribution in [0, 0.1) is 5.92 Å². The molecule has 1 amide bonds. The maximum absolute atomic E-state index is 12.1. The lowest BCUT2D eigenvalue weighted by Crippen LogP contribution is -2.26. The molecule has 0 bridgehead atoms. The van der Waals surface area contributed by atoms with E-state index in [1.807, 2.05) is 0 Å². The number of benzene rings is 1. The molecule has 0 saturated carbocycles. The fraction of sp³-hybridized carbons (Fsp3) is 0.632. The van der Waals surface area contributed by atoms with Gasteiger partial charge < -0.3 is 10.6 Å². The molecule has 1 heterocycles. The van der Waals surface area contributed by atoms with E-state index in [0.29, 0.717) is 18.9 Å². The average molecular weight is 390 g/mol. The van der Waals surface area contributed by atoms with Gasteiger partial charge in [-0.25, -0.2) is 0 Å². The number of carbonyl (C=O) groups is 1. The summed E-state index contributed by atoms with van der Waals surface area (Å²) < 4.78 is 0. The molecule has 2 N–H and O–H groups in total. The van der Waals surface area contributed by atoms with Crippen molar-refractivity contribution in [3.05, 3.63) is 35.4 Å². The predicted molar refractivity (Wildman–Crippen MR) is 110 cm³/mol. The Hall–Kier alpha value is -0.810. The quantitative estimate of drug-likeness (QED) is 0.680. The maximum Gasteiger partial charge on any atom is 0.220 e. The number of hydrogen-bond donors (Lipinski definition) is 2. The molecule has 2 rings (SSSR count). The molecule has 1 aliphatic heterocycles. The van der Waals surface area contributed by atoms with E-state index in [2.05, 4.69) is 53.6 Å². The fourth-order valence-electron chi connectivity index (χ4n) is 3.15. The van der Waals surface area contributed by atoms with Gasteiger partial charge >= 0.3 is 0 Å². The van der Waals surface area contributed by atoms with Crippen molar-refractivity contribution in [3.63, 3.8) is 0 Å². The summed E-state index contributed by atoms with van der Waals surface area (Å²) in [6, 6.07) is 8.43. The summed E-state index contributed by atoms with van der Waals surface area (Å²) in [5.41, 5.74) is 2.55. The minimum Gasteiger partial charge on any atom is -0.352 e. The third kappa shape index (κ3) is 8.41. The predicted octanol–water partition coefficient (Wildman–Crippen LogP) is 3.38. The third-order valence-corrected chi connectivity index (χ3v) is 4.82. The highest BCUT2D eigenvalue weighted by atomic mass is 35.5. The van der Waals surface area contributed by atoms with Crippen molar-refractivity contribution in [2.45, 2.75) is 46.2 Å². The van der Waals surface area contributed by atoms with Crippen molar-refractivity contribution in [2.24, 2.45) is 5.92 Å². The van der Waals surface area contributed by atoms with Gasteiger partial charge in [-0.05, 0) is 56.1 Å². The van der Waals surface area contributed by atoms with Crippen LogP contribution in [0.2, 0.25) is 0 Å². The molecule has 25 heavy (non-hydrogen) atoms. The van der Waals surface area contributed by atoms with E-state index in [9.17, 15) is 4.79 Å². The van der Waals surface area contributed by atoms with E-state index in [1.165, 1.54) is 17.5 Å². The molecular formula is C19H33Cl2N3O. The van der Waals surface area contributed by atoms with Crippen molar-refractivity contribution < 1.29 is 4.79 Å². The summed E-state index contributed by atoms with van der Waals surface area (Å²) >= 11 is 0. The van der Waals surface area contributed by atoms with Crippen LogP contribution in [0.25, 0.3) is 0 Å². The minimum absolute atomic E-state index is 0. The maximum atomic E-state index is 12.1. The largest absolute Gasteiger partial charge is 0.352 e. The van der Waals surface area contributed by atoms with Gasteiger partial charge in [0.1, 0.15) is 0 Å². The molecule has 144 valence electrons. The second kappa shape index (κ2) is 13.4. The first-order chi connectivity index (χ1) is 11.2. The molecule has 4 nitrogen and oxygen atoms in total. The van der Waals surface area contributed by atoms with Crippen molar-refractivity contribution in [1.29, 1.82) is 0 Å². The molecule has 1 atom stereocenters. The van der Waals surface area contributed by atoms with E-state index in [4.69, 9.17) is 0 Å². The number of nitrogens with zero attached hydrogens (tertiary/aromatic N) is 1. The Morgan fingerprint density at radius 3 is 2.48 bits per heavy atom. The zero-order chi connectivity index (χ0) is 16.5. The molecule has 1 fully saturated rings. The Balaban J connectivity index is 0.00000288. The highest BCUT2D eigenvalue weighted by Crippen LogP contribution is 2.15. The minimum atomic E-state index is 0. The van der Waals surface area contributed by atoms with Crippen molar-refractivity contribution in [2.75, 3.05) is 26.2 Å². The summed E-state index contributed by atoms with van der Waals surface area (Å²) in [5, 5.41) is 6.45. The Morgan fingerprint density at radius 2 is 1.88 bits per heavy atom. The molecule has 6 heteroatoms. The van der Waals surface area contributed by atoms with Crippen LogP contribution < -0.4 is 10.6 Å². The highest BCUT2D eigenvalue weighted by Gasteiger charge is 2.15. The normalized spacial score (nSPS) is 16.2. The number of hydrogen-bond acceptors (Lipinski definition) is 3. The van der Waals surface area contributed by atoms with Gasteiger partial charge in [-0.1, -0.05) is 38.1 Å². The average Bonchev–Trinajstić information content (AvgIpc) is 3.10. The molecule has 1 aromatic carbocycles. The highest BCUT2D eigenvalue weighted by molar-refractivity contribution is 5.85. The van der Waals surface area contributed by atoms with Crippen LogP contribution in [0.15, 0.2) is 24.3 Å². The van der Waals surface area contributed by atoms with Crippen molar-refractivity contribution in [1.82, 2.24) is 15.5 Å². The van der Waals surface area contributed by atoms with Gasteiger partial charge in [0, 0.05) is 19.5 Å². The SMILES string of the molecule is CCN(CC)Cc1ccccc1CNC(=O)CCC1CCNC1.Cl.Cl. The molecular weight excluding hydrogens is 357 g/mol. The lowest BCUT2D eigenvalue weighted by molar-refractivity contribution is -0.121. The van der Waals surface area contributed by atoms with Crippen molar-refractivity contribution >= 4 is 30.7 Å². The molecule has 0 aromatic heterocycles. The van der Waals surface area contributed by atoms with E-state index in [-0.39, 0.29) is 30.7 Å². The Kier molecular flexibility index (Phi) is 13.0. The molecule has 1 saturated heterocycles. The Labute approximate surface area is 164 Å². The van der Waals surface area contributed by atoms with Crippen LogP contribution in [-0.4, -0.2) is 37.0 Å². The molecule has 0 spiro atoms. The van der Waals surface area contributed by atoms with Gasteiger partial charge in [-0.3, -0.25) is 9.69 Å². The second-order valence-electron chi connectivity index (χ2n) is 6.40. The Morgan fingerprint density at radius 1 is 1.20 bits per heavy atom. The van der Waals surface area contributed by atoms with Crippen molar-refractivity contribution in [3.8, 4) is 0 Å². The van der Waals surface area contributed by atoms with Gasteiger partial charge in [0.25, 0.3) is 0 Å². The van der Waals surface area contributed by atoms with Gasteiger partial charge in [0.2, 0.25) is 5.91 Å². The fourth-order valence-corrected chi connectivity index (χ4v) is 3.15. The number of nitrogens with one attached hydrogen (secondary N) is 2. The number of rotatable bonds is 9. The topological polar surface area (TPSA) is 44.4 Å². The van der Waals surface area contributed by atoms with Gasteiger partial charge in [0.05, 0.1) is 0 Å². The first-order valence-corrected chi connectivity index (χ1v) is 8.99. The van der Waals surface area contributed by atoms with Crippen LogP contribution >= 0.6 is 24.8 Å². The standard InChI is InChI=1S/C19H31N3O.2ClH/c1-3-22(4-2)15-18-8-6-5-7-17(18)14-21-19(23)10-9-16-11-12-20-13-16;;/h5-8,16,20H,3-4,9-15H2,1-2H3,(H,21,23);2*1H. The van der Waals surface area contributed by atoms with Crippen LogP contribution in [0.4, 0.5) is 0 Å². The molecule has 0 aliphatic carbocycles. The summed E-state index contributed by atoms with van der Waals surface area (Å²) in [6.07, 6.45) is 2.85. The summed E-state index contributed by atoms with van der Waals surface area (Å²) in [5.74, 6) is 0.852. The smallest absolute Gasteiger partial charge is 0.220 e. The third-order valence-electron chi connectivity index (χ3n) is 4.82. The van der Waals surface area contributed by atoms with E-state index in [0.717, 1.165) is 39.1 Å². The van der Waals surface area contributed by atoms with E-state index < -0.39 is 0 Å². The zero-order valence-corrected chi connectivity index (χ0v) is 17.1. The monoisotopic (exact) mass is 389 g/mol. The van der Waals surface area contributed by atoms with Crippen LogP contribution in [-0.2, 0) is 17.9 Å². The summed E-state index contributed by atoms with van der Waals surface area (Å²) in [6.45, 7) is 10.2. The summed E-state index contributed by atoms with van der Waals surface area (Å²) in [7, 11) is 0. The van der Waals surface area contributed by atoms with Gasteiger partial charge in [-0.15, -0.1) is 24.8 Å². The lowest BCUT2D eigenvalue weighted by atomic mass is 10.0.